The van der Waals surface area contributed by atoms with Crippen LogP contribution in [0.5, 0.6) is 0 Å². The molecule has 0 spiro atoms. The maximum absolute atomic E-state index is 12.2. The molecule has 2 N–H and O–H groups in total. The smallest absolute Gasteiger partial charge is 0.255 e. The van der Waals surface area contributed by atoms with Crippen LogP contribution in [0.15, 0.2) is 29.1 Å². The van der Waals surface area contributed by atoms with Crippen molar-refractivity contribution < 1.29 is 0 Å². The normalized spacial score (nSPS) is 17.2. The van der Waals surface area contributed by atoms with E-state index in [0.717, 1.165) is 43.7 Å². The molecule has 4 rings (SSSR count). The van der Waals surface area contributed by atoms with Crippen molar-refractivity contribution in [3.8, 4) is 0 Å². The molecule has 0 amide bonds. The average Bonchev–Trinajstić information content (AvgIpc) is 2.54. The molecule has 0 bridgehead atoms. The number of nitrogens with one attached hydrogen (secondary N) is 2. The summed E-state index contributed by atoms with van der Waals surface area (Å²) in [6, 6.07) is 8.48. The number of anilines is 1. The van der Waals surface area contributed by atoms with E-state index in [2.05, 4.69) is 44.5 Å². The van der Waals surface area contributed by atoms with Gasteiger partial charge >= 0.3 is 0 Å². The summed E-state index contributed by atoms with van der Waals surface area (Å²) >= 11 is 0. The Morgan fingerprint density at radius 3 is 2.90 bits per heavy atom. The second-order valence-corrected chi connectivity index (χ2v) is 5.68. The Balaban J connectivity index is 1.69. The first-order valence-electron chi connectivity index (χ1n) is 7.46. The largest absolute Gasteiger partial charge is 0.338 e. The van der Waals surface area contributed by atoms with Crippen LogP contribution in [0, 0.1) is 0 Å². The van der Waals surface area contributed by atoms with Crippen LogP contribution >= 0.6 is 0 Å². The third kappa shape index (κ3) is 2.23. The van der Waals surface area contributed by atoms with Gasteiger partial charge in [0.2, 0.25) is 5.95 Å². The number of fused-ring (bicyclic) bond motifs is 2. The Morgan fingerprint density at radius 1 is 1.14 bits per heavy atom. The Morgan fingerprint density at radius 2 is 2.00 bits per heavy atom. The summed E-state index contributed by atoms with van der Waals surface area (Å²) in [5.74, 6) is 0.706. The number of aromatic amines is 1. The Hall–Kier alpha value is -2.14. The summed E-state index contributed by atoms with van der Waals surface area (Å²) in [6.45, 7) is 3.25. The summed E-state index contributed by atoms with van der Waals surface area (Å²) < 4.78 is 0. The summed E-state index contributed by atoms with van der Waals surface area (Å²) in [6.07, 6.45) is 1.76. The molecule has 21 heavy (non-hydrogen) atoms. The van der Waals surface area contributed by atoms with Gasteiger partial charge in [0.25, 0.3) is 5.56 Å². The van der Waals surface area contributed by atoms with Crippen molar-refractivity contribution >= 4 is 5.95 Å². The second kappa shape index (κ2) is 5.00. The minimum atomic E-state index is 0.0235. The van der Waals surface area contributed by atoms with Crippen LogP contribution < -0.4 is 15.8 Å². The van der Waals surface area contributed by atoms with Gasteiger partial charge in [0, 0.05) is 25.2 Å². The Labute approximate surface area is 123 Å². The lowest BCUT2D eigenvalue weighted by atomic mass is 10.0. The maximum atomic E-state index is 12.2. The van der Waals surface area contributed by atoms with Crippen molar-refractivity contribution in [1.82, 2.24) is 15.3 Å². The molecule has 5 nitrogen and oxygen atoms in total. The zero-order valence-electron chi connectivity index (χ0n) is 11.9. The lowest BCUT2D eigenvalue weighted by molar-refractivity contribution is 0.611. The number of hydrogen-bond acceptors (Lipinski definition) is 4. The molecule has 0 atom stereocenters. The van der Waals surface area contributed by atoms with Gasteiger partial charge in [0.1, 0.15) is 0 Å². The molecule has 0 saturated carbocycles. The van der Waals surface area contributed by atoms with Crippen LogP contribution in [-0.2, 0) is 25.9 Å². The van der Waals surface area contributed by atoms with Gasteiger partial charge in [0.05, 0.1) is 5.69 Å². The first kappa shape index (κ1) is 12.6. The number of hydrogen-bond donors (Lipinski definition) is 2. The van der Waals surface area contributed by atoms with Gasteiger partial charge in [-0.2, -0.15) is 0 Å². The zero-order valence-corrected chi connectivity index (χ0v) is 11.9. The minimum absolute atomic E-state index is 0.0235. The molecular formula is C16H18N4O. The van der Waals surface area contributed by atoms with Gasteiger partial charge in [-0.15, -0.1) is 0 Å². The highest BCUT2D eigenvalue weighted by Gasteiger charge is 2.21. The van der Waals surface area contributed by atoms with Crippen molar-refractivity contribution in [2.45, 2.75) is 25.9 Å². The number of rotatable bonds is 1. The van der Waals surface area contributed by atoms with Crippen molar-refractivity contribution in [3.63, 3.8) is 0 Å². The zero-order chi connectivity index (χ0) is 14.2. The van der Waals surface area contributed by atoms with E-state index in [-0.39, 0.29) is 5.56 Å². The molecule has 1 aromatic heterocycles. The monoisotopic (exact) mass is 282 g/mol. The number of benzene rings is 1. The standard InChI is InChI=1S/C16H18N4O/c21-15-13-5-7-17-9-14(13)18-16(19-15)20-8-6-11-3-1-2-4-12(11)10-20/h1-4,17H,5-10H2,(H,18,19,21). The van der Waals surface area contributed by atoms with Gasteiger partial charge < -0.3 is 10.2 Å². The van der Waals surface area contributed by atoms with Crippen LogP contribution in [0.4, 0.5) is 5.95 Å². The molecule has 0 fully saturated rings. The summed E-state index contributed by atoms with van der Waals surface area (Å²) in [4.78, 5) is 22.0. The van der Waals surface area contributed by atoms with E-state index in [1.54, 1.807) is 0 Å². The molecule has 3 heterocycles. The van der Waals surface area contributed by atoms with Crippen molar-refractivity contribution in [3.05, 3.63) is 57.0 Å². The molecule has 108 valence electrons. The van der Waals surface area contributed by atoms with E-state index in [9.17, 15) is 4.79 Å². The fourth-order valence-electron chi connectivity index (χ4n) is 3.18. The molecule has 2 aliphatic heterocycles. The number of nitrogens with zero attached hydrogens (tertiary/aromatic N) is 2. The fraction of sp³-hybridized carbons (Fsp3) is 0.375. The summed E-state index contributed by atoms with van der Waals surface area (Å²) in [5, 5.41) is 3.28. The Bertz CT molecular complexity index is 737. The highest BCUT2D eigenvalue weighted by atomic mass is 16.1. The highest BCUT2D eigenvalue weighted by Crippen LogP contribution is 2.22. The Kier molecular flexibility index (Phi) is 3.00. The molecule has 2 aromatic rings. The summed E-state index contributed by atoms with van der Waals surface area (Å²) in [5.41, 5.74) is 4.49. The molecule has 0 radical (unpaired) electrons. The van der Waals surface area contributed by atoms with Crippen molar-refractivity contribution in [1.29, 1.82) is 0 Å². The quantitative estimate of drug-likeness (QED) is 0.818. The third-order valence-corrected chi connectivity index (χ3v) is 4.36. The second-order valence-electron chi connectivity index (χ2n) is 5.68. The molecule has 0 unspecified atom stereocenters. The van der Waals surface area contributed by atoms with E-state index in [1.165, 1.54) is 11.1 Å². The van der Waals surface area contributed by atoms with E-state index < -0.39 is 0 Å². The van der Waals surface area contributed by atoms with Gasteiger partial charge in [0.15, 0.2) is 0 Å². The molecule has 1 aromatic carbocycles. The molecular weight excluding hydrogens is 264 g/mol. The lowest BCUT2D eigenvalue weighted by Gasteiger charge is -2.30. The van der Waals surface area contributed by atoms with Crippen LogP contribution in [0.1, 0.15) is 22.4 Å². The minimum Gasteiger partial charge on any atom is -0.338 e. The van der Waals surface area contributed by atoms with E-state index in [1.807, 2.05) is 0 Å². The van der Waals surface area contributed by atoms with Crippen molar-refractivity contribution in [2.75, 3.05) is 18.0 Å². The van der Waals surface area contributed by atoms with Crippen molar-refractivity contribution in [2.24, 2.45) is 0 Å². The van der Waals surface area contributed by atoms with Crippen LogP contribution in [0.25, 0.3) is 0 Å². The van der Waals surface area contributed by atoms with Crippen LogP contribution in [0.2, 0.25) is 0 Å². The predicted molar refractivity (Wildman–Crippen MR) is 81.5 cm³/mol. The van der Waals surface area contributed by atoms with Gasteiger partial charge in [-0.1, -0.05) is 24.3 Å². The van der Waals surface area contributed by atoms with Gasteiger partial charge in [-0.25, -0.2) is 4.98 Å². The molecule has 5 heteroatoms. The van der Waals surface area contributed by atoms with E-state index >= 15 is 0 Å². The summed E-state index contributed by atoms with van der Waals surface area (Å²) in [7, 11) is 0. The third-order valence-electron chi connectivity index (χ3n) is 4.36. The van der Waals surface area contributed by atoms with Gasteiger partial charge in [-0.3, -0.25) is 9.78 Å². The molecule has 0 saturated heterocycles. The van der Waals surface area contributed by atoms with E-state index in [0.29, 0.717) is 12.5 Å². The number of H-pyrrole nitrogens is 1. The fourth-order valence-corrected chi connectivity index (χ4v) is 3.18. The van der Waals surface area contributed by atoms with E-state index in [4.69, 9.17) is 0 Å². The average molecular weight is 282 g/mol. The molecule has 2 aliphatic rings. The van der Waals surface area contributed by atoms with Crippen LogP contribution in [-0.4, -0.2) is 23.1 Å². The highest BCUT2D eigenvalue weighted by molar-refractivity contribution is 5.41. The SMILES string of the molecule is O=c1[nH]c(N2CCc3ccccc3C2)nc2c1CCNC2. The van der Waals surface area contributed by atoms with Crippen LogP contribution in [0.3, 0.4) is 0 Å². The first-order valence-corrected chi connectivity index (χ1v) is 7.46. The predicted octanol–water partition coefficient (Wildman–Crippen LogP) is 0.978. The maximum Gasteiger partial charge on any atom is 0.255 e. The molecule has 0 aliphatic carbocycles. The van der Waals surface area contributed by atoms with Gasteiger partial charge in [-0.05, 0) is 30.5 Å². The lowest BCUT2D eigenvalue weighted by Crippen LogP contribution is -2.36. The topological polar surface area (TPSA) is 61.0 Å². The number of aromatic nitrogens is 2. The first-order chi connectivity index (χ1) is 10.3.